The molecule has 0 amide bonds. The molecule has 1 aliphatic heterocycles. The number of morpholine rings is 1. The van der Waals surface area contributed by atoms with Gasteiger partial charge in [0.1, 0.15) is 17.6 Å². The summed E-state index contributed by atoms with van der Waals surface area (Å²) in [4.78, 5) is 10.6. The molecular weight excluding hydrogens is 318 g/mol. The van der Waals surface area contributed by atoms with E-state index in [1.54, 1.807) is 7.11 Å². The Labute approximate surface area is 140 Å². The summed E-state index contributed by atoms with van der Waals surface area (Å²) in [6.07, 6.45) is 1.45. The van der Waals surface area contributed by atoms with Crippen molar-refractivity contribution in [3.05, 3.63) is 23.6 Å². The van der Waals surface area contributed by atoms with Gasteiger partial charge in [-0.05, 0) is 13.0 Å². The molecule has 2 aromatic rings. The van der Waals surface area contributed by atoms with Crippen LogP contribution < -0.4 is 9.47 Å². The molecule has 23 heavy (non-hydrogen) atoms. The molecule has 0 aliphatic carbocycles. The fraction of sp³-hybridized carbons (Fsp3) is 0.500. The average molecular weight is 338 g/mol. The number of halogens is 1. The predicted octanol–water partition coefficient (Wildman–Crippen LogP) is 2.39. The first-order chi connectivity index (χ1) is 11.2. The molecule has 1 atom stereocenters. The topological polar surface area (TPSA) is 56.7 Å². The Morgan fingerprint density at radius 3 is 2.78 bits per heavy atom. The summed E-state index contributed by atoms with van der Waals surface area (Å²) in [5.74, 6) is 1.29. The second-order valence-corrected chi connectivity index (χ2v) is 5.88. The third kappa shape index (κ3) is 3.83. The maximum Gasteiger partial charge on any atom is 0.162 e. The summed E-state index contributed by atoms with van der Waals surface area (Å²) in [5.41, 5.74) is 0.732. The van der Waals surface area contributed by atoms with Crippen molar-refractivity contribution in [2.24, 2.45) is 0 Å². The standard InChI is InChI=1S/C16H20ClN3O3/c1-11(9-20-3-5-22-6-4-20)23-15-7-12-13(8-14(15)21-2)18-10-19-16(12)17/h7-8,10-11H,3-6,9H2,1-2H3. The zero-order chi connectivity index (χ0) is 16.2. The van der Waals surface area contributed by atoms with E-state index < -0.39 is 0 Å². The molecule has 124 valence electrons. The number of hydrogen-bond acceptors (Lipinski definition) is 6. The van der Waals surface area contributed by atoms with Gasteiger partial charge in [0.15, 0.2) is 11.5 Å². The molecular formula is C16H20ClN3O3. The third-order valence-electron chi connectivity index (χ3n) is 3.82. The highest BCUT2D eigenvalue weighted by atomic mass is 35.5. The van der Waals surface area contributed by atoms with Crippen LogP contribution in [0.3, 0.4) is 0 Å². The van der Waals surface area contributed by atoms with Gasteiger partial charge in [-0.3, -0.25) is 4.90 Å². The molecule has 6 nitrogen and oxygen atoms in total. The fourth-order valence-electron chi connectivity index (χ4n) is 2.69. The first-order valence-corrected chi connectivity index (χ1v) is 8.00. The SMILES string of the molecule is COc1cc2ncnc(Cl)c2cc1OC(C)CN1CCOCC1. The van der Waals surface area contributed by atoms with Gasteiger partial charge < -0.3 is 14.2 Å². The lowest BCUT2D eigenvalue weighted by Gasteiger charge is -2.29. The van der Waals surface area contributed by atoms with E-state index in [-0.39, 0.29) is 6.10 Å². The molecule has 1 fully saturated rings. The van der Waals surface area contributed by atoms with E-state index in [4.69, 9.17) is 25.8 Å². The molecule has 0 N–H and O–H groups in total. The monoisotopic (exact) mass is 337 g/mol. The molecule has 1 saturated heterocycles. The Kier molecular flexibility index (Phi) is 5.15. The number of aromatic nitrogens is 2. The molecule has 0 radical (unpaired) electrons. The van der Waals surface area contributed by atoms with Crippen molar-refractivity contribution in [1.82, 2.24) is 14.9 Å². The molecule has 1 unspecified atom stereocenters. The van der Waals surface area contributed by atoms with Crippen molar-refractivity contribution < 1.29 is 14.2 Å². The molecule has 0 spiro atoms. The van der Waals surface area contributed by atoms with Crippen LogP contribution in [0.2, 0.25) is 5.15 Å². The van der Waals surface area contributed by atoms with Crippen LogP contribution in [0.25, 0.3) is 10.9 Å². The maximum atomic E-state index is 6.15. The second kappa shape index (κ2) is 7.29. The maximum absolute atomic E-state index is 6.15. The van der Waals surface area contributed by atoms with Gasteiger partial charge >= 0.3 is 0 Å². The van der Waals surface area contributed by atoms with Gasteiger partial charge in [-0.2, -0.15) is 0 Å². The molecule has 3 rings (SSSR count). The number of fused-ring (bicyclic) bond motifs is 1. The van der Waals surface area contributed by atoms with E-state index in [2.05, 4.69) is 14.9 Å². The fourth-order valence-corrected chi connectivity index (χ4v) is 2.88. The van der Waals surface area contributed by atoms with E-state index in [1.807, 2.05) is 19.1 Å². The smallest absolute Gasteiger partial charge is 0.162 e. The van der Waals surface area contributed by atoms with Crippen LogP contribution in [0.5, 0.6) is 11.5 Å². The predicted molar refractivity (Wildman–Crippen MR) is 88.4 cm³/mol. The van der Waals surface area contributed by atoms with Crippen LogP contribution in [0.1, 0.15) is 6.92 Å². The van der Waals surface area contributed by atoms with Gasteiger partial charge in [0, 0.05) is 31.1 Å². The number of rotatable bonds is 5. The molecule has 0 bridgehead atoms. The normalized spacial score (nSPS) is 17.2. The van der Waals surface area contributed by atoms with Gasteiger partial charge in [-0.1, -0.05) is 11.6 Å². The number of nitrogens with zero attached hydrogens (tertiary/aromatic N) is 3. The van der Waals surface area contributed by atoms with Crippen LogP contribution in [0.15, 0.2) is 18.5 Å². The van der Waals surface area contributed by atoms with Crippen LogP contribution in [-0.4, -0.2) is 60.9 Å². The number of methoxy groups -OCH3 is 1. The summed E-state index contributed by atoms with van der Waals surface area (Å²) < 4.78 is 16.9. The highest BCUT2D eigenvalue weighted by Gasteiger charge is 2.17. The Hall–Kier alpha value is -1.63. The minimum Gasteiger partial charge on any atom is -0.493 e. The first kappa shape index (κ1) is 16.2. The van der Waals surface area contributed by atoms with Crippen molar-refractivity contribution in [1.29, 1.82) is 0 Å². The van der Waals surface area contributed by atoms with Crippen LogP contribution in [0.4, 0.5) is 0 Å². The van der Waals surface area contributed by atoms with E-state index in [1.165, 1.54) is 6.33 Å². The van der Waals surface area contributed by atoms with Crippen molar-refractivity contribution >= 4 is 22.5 Å². The van der Waals surface area contributed by atoms with Crippen molar-refractivity contribution in [3.63, 3.8) is 0 Å². The van der Waals surface area contributed by atoms with Gasteiger partial charge in [0.2, 0.25) is 0 Å². The molecule has 7 heteroatoms. The molecule has 1 aliphatic rings. The molecule has 1 aromatic heterocycles. The summed E-state index contributed by atoms with van der Waals surface area (Å²) in [6, 6.07) is 3.66. The van der Waals surface area contributed by atoms with E-state index >= 15 is 0 Å². The minimum atomic E-state index is 0.0165. The zero-order valence-electron chi connectivity index (χ0n) is 13.3. The Bertz CT molecular complexity index is 677. The number of ether oxygens (including phenoxy) is 3. The quantitative estimate of drug-likeness (QED) is 0.781. The first-order valence-electron chi connectivity index (χ1n) is 7.62. The second-order valence-electron chi connectivity index (χ2n) is 5.53. The lowest BCUT2D eigenvalue weighted by atomic mass is 10.2. The Morgan fingerprint density at radius 1 is 1.26 bits per heavy atom. The van der Waals surface area contributed by atoms with Crippen LogP contribution >= 0.6 is 11.6 Å². The van der Waals surface area contributed by atoms with E-state index in [0.717, 1.165) is 43.8 Å². The highest BCUT2D eigenvalue weighted by molar-refractivity contribution is 6.34. The van der Waals surface area contributed by atoms with Gasteiger partial charge in [0.05, 0.1) is 25.8 Å². The Balaban J connectivity index is 1.79. The summed E-state index contributed by atoms with van der Waals surface area (Å²) >= 11 is 6.15. The lowest BCUT2D eigenvalue weighted by Crippen LogP contribution is -2.41. The van der Waals surface area contributed by atoms with Gasteiger partial charge in [-0.25, -0.2) is 9.97 Å². The summed E-state index contributed by atoms with van der Waals surface area (Å²) in [7, 11) is 1.61. The number of benzene rings is 1. The Morgan fingerprint density at radius 2 is 2.04 bits per heavy atom. The minimum absolute atomic E-state index is 0.0165. The van der Waals surface area contributed by atoms with Crippen LogP contribution in [0, 0.1) is 0 Å². The zero-order valence-corrected chi connectivity index (χ0v) is 14.0. The van der Waals surface area contributed by atoms with Crippen molar-refractivity contribution in [2.75, 3.05) is 40.0 Å². The van der Waals surface area contributed by atoms with Gasteiger partial charge in [-0.15, -0.1) is 0 Å². The summed E-state index contributed by atoms with van der Waals surface area (Å²) in [5, 5.41) is 1.16. The van der Waals surface area contributed by atoms with Gasteiger partial charge in [0.25, 0.3) is 0 Å². The molecule has 2 heterocycles. The van der Waals surface area contributed by atoms with Crippen molar-refractivity contribution in [2.45, 2.75) is 13.0 Å². The number of hydrogen-bond donors (Lipinski definition) is 0. The molecule has 1 aromatic carbocycles. The van der Waals surface area contributed by atoms with E-state index in [0.29, 0.717) is 16.7 Å². The third-order valence-corrected chi connectivity index (χ3v) is 4.12. The van der Waals surface area contributed by atoms with Crippen LogP contribution in [-0.2, 0) is 4.74 Å². The average Bonchev–Trinajstić information content (AvgIpc) is 2.56. The molecule has 0 saturated carbocycles. The van der Waals surface area contributed by atoms with Crippen molar-refractivity contribution in [3.8, 4) is 11.5 Å². The lowest BCUT2D eigenvalue weighted by molar-refractivity contribution is 0.0216. The largest absolute Gasteiger partial charge is 0.493 e. The van der Waals surface area contributed by atoms with E-state index in [9.17, 15) is 0 Å². The summed E-state index contributed by atoms with van der Waals surface area (Å²) in [6.45, 7) is 6.30. The highest BCUT2D eigenvalue weighted by Crippen LogP contribution is 2.34.